The highest BCUT2D eigenvalue weighted by Gasteiger charge is 2.16. The Labute approximate surface area is 171 Å². The van der Waals surface area contributed by atoms with Gasteiger partial charge in [0.15, 0.2) is 0 Å². The van der Waals surface area contributed by atoms with E-state index >= 15 is 0 Å². The van der Waals surface area contributed by atoms with E-state index in [0.29, 0.717) is 24.7 Å². The second-order valence-electron chi connectivity index (χ2n) is 7.04. The van der Waals surface area contributed by atoms with Gasteiger partial charge in [0.1, 0.15) is 24.2 Å². The van der Waals surface area contributed by atoms with E-state index in [1.54, 1.807) is 6.26 Å². The van der Waals surface area contributed by atoms with Gasteiger partial charge in [-0.05, 0) is 60.9 Å². The van der Waals surface area contributed by atoms with Gasteiger partial charge in [-0.15, -0.1) is 0 Å². The van der Waals surface area contributed by atoms with Gasteiger partial charge in [-0.3, -0.25) is 4.90 Å². The highest BCUT2D eigenvalue weighted by atomic mass is 35.5. The Bertz CT molecular complexity index is 879. The standard InChI is InChI=1S/C23H26ClNO3/c1-17-6-3-10-23(18(17)2)28-16-21(26)14-25(15-22-9-5-11-27-22)13-19-7-4-8-20(24)12-19/h3-12,21,26H,13-16H2,1-2H3. The summed E-state index contributed by atoms with van der Waals surface area (Å²) < 4.78 is 11.3. The maximum atomic E-state index is 10.6. The number of furan rings is 1. The van der Waals surface area contributed by atoms with Crippen LogP contribution >= 0.6 is 11.6 Å². The predicted molar refractivity (Wildman–Crippen MR) is 112 cm³/mol. The molecule has 1 aromatic heterocycles. The van der Waals surface area contributed by atoms with E-state index in [2.05, 4.69) is 17.9 Å². The van der Waals surface area contributed by atoms with E-state index < -0.39 is 6.10 Å². The second-order valence-corrected chi connectivity index (χ2v) is 7.48. The second kappa shape index (κ2) is 9.78. The lowest BCUT2D eigenvalue weighted by molar-refractivity contribution is 0.0602. The van der Waals surface area contributed by atoms with Crippen LogP contribution in [0.1, 0.15) is 22.5 Å². The summed E-state index contributed by atoms with van der Waals surface area (Å²) in [5.74, 6) is 1.66. The monoisotopic (exact) mass is 399 g/mol. The van der Waals surface area contributed by atoms with E-state index in [1.165, 1.54) is 5.56 Å². The van der Waals surface area contributed by atoms with Crippen molar-refractivity contribution in [3.8, 4) is 5.75 Å². The van der Waals surface area contributed by atoms with E-state index in [9.17, 15) is 5.11 Å². The van der Waals surface area contributed by atoms with Crippen molar-refractivity contribution in [2.75, 3.05) is 13.2 Å². The van der Waals surface area contributed by atoms with Crippen LogP contribution in [0.3, 0.4) is 0 Å². The summed E-state index contributed by atoms with van der Waals surface area (Å²) in [4.78, 5) is 2.13. The molecule has 0 saturated carbocycles. The number of benzene rings is 2. The third-order valence-electron chi connectivity index (χ3n) is 4.71. The van der Waals surface area contributed by atoms with Crippen LogP contribution in [0.4, 0.5) is 0 Å². The molecule has 28 heavy (non-hydrogen) atoms. The summed E-state index contributed by atoms with van der Waals surface area (Å²) in [6.45, 7) is 6.02. The molecule has 1 atom stereocenters. The number of ether oxygens (including phenoxy) is 1. The van der Waals surface area contributed by atoms with E-state index in [1.807, 2.05) is 55.5 Å². The van der Waals surface area contributed by atoms with E-state index in [4.69, 9.17) is 20.8 Å². The quantitative estimate of drug-likeness (QED) is 0.550. The summed E-state index contributed by atoms with van der Waals surface area (Å²) in [5, 5.41) is 11.3. The van der Waals surface area contributed by atoms with Crippen molar-refractivity contribution >= 4 is 11.6 Å². The third kappa shape index (κ3) is 5.86. The van der Waals surface area contributed by atoms with E-state index in [-0.39, 0.29) is 6.61 Å². The van der Waals surface area contributed by atoms with E-state index in [0.717, 1.165) is 22.6 Å². The fourth-order valence-electron chi connectivity index (χ4n) is 3.12. The van der Waals surface area contributed by atoms with Crippen molar-refractivity contribution in [2.45, 2.75) is 33.0 Å². The molecule has 4 nitrogen and oxygen atoms in total. The van der Waals surface area contributed by atoms with Gasteiger partial charge in [0.05, 0.1) is 12.8 Å². The Hall–Kier alpha value is -2.27. The molecule has 1 unspecified atom stereocenters. The molecule has 5 heteroatoms. The molecule has 1 heterocycles. The maximum Gasteiger partial charge on any atom is 0.122 e. The van der Waals surface area contributed by atoms with Gasteiger partial charge in [0.2, 0.25) is 0 Å². The number of halogens is 1. The average molecular weight is 400 g/mol. The third-order valence-corrected chi connectivity index (χ3v) is 4.94. The summed E-state index contributed by atoms with van der Waals surface area (Å²) in [6.07, 6.45) is 1.03. The van der Waals surface area contributed by atoms with Gasteiger partial charge in [0, 0.05) is 18.1 Å². The number of aliphatic hydroxyl groups excluding tert-OH is 1. The van der Waals surface area contributed by atoms with Gasteiger partial charge in [-0.2, -0.15) is 0 Å². The Balaban J connectivity index is 1.63. The van der Waals surface area contributed by atoms with Gasteiger partial charge < -0.3 is 14.3 Å². The fraction of sp³-hybridized carbons (Fsp3) is 0.304. The molecule has 1 N–H and O–H groups in total. The Kier molecular flexibility index (Phi) is 7.15. The molecular formula is C23H26ClNO3. The Morgan fingerprint density at radius 1 is 1.07 bits per heavy atom. The van der Waals surface area contributed by atoms with Crippen LogP contribution in [0, 0.1) is 13.8 Å². The maximum absolute atomic E-state index is 10.6. The predicted octanol–water partition coefficient (Wildman–Crippen LogP) is 4.99. The minimum Gasteiger partial charge on any atom is -0.491 e. The molecule has 0 aliphatic rings. The number of aryl methyl sites for hydroxylation is 1. The topological polar surface area (TPSA) is 45.8 Å². The molecule has 0 saturated heterocycles. The largest absolute Gasteiger partial charge is 0.491 e. The first-order chi connectivity index (χ1) is 13.5. The van der Waals surface area contributed by atoms with Gasteiger partial charge >= 0.3 is 0 Å². The zero-order valence-electron chi connectivity index (χ0n) is 16.3. The minimum atomic E-state index is -0.631. The Morgan fingerprint density at radius 2 is 1.89 bits per heavy atom. The van der Waals surface area contributed by atoms with Crippen molar-refractivity contribution in [3.05, 3.63) is 88.3 Å². The summed E-state index contributed by atoms with van der Waals surface area (Å²) in [6, 6.07) is 17.5. The number of rotatable bonds is 9. The van der Waals surface area contributed by atoms with Crippen LogP contribution in [0.5, 0.6) is 5.75 Å². The van der Waals surface area contributed by atoms with Crippen LogP contribution in [0.15, 0.2) is 65.3 Å². The molecule has 0 fully saturated rings. The van der Waals surface area contributed by atoms with Crippen LogP contribution < -0.4 is 4.74 Å². The number of hydrogen-bond donors (Lipinski definition) is 1. The molecule has 0 amide bonds. The van der Waals surface area contributed by atoms with Crippen molar-refractivity contribution in [3.63, 3.8) is 0 Å². The van der Waals surface area contributed by atoms with Crippen LogP contribution in [-0.2, 0) is 13.1 Å². The smallest absolute Gasteiger partial charge is 0.122 e. The number of nitrogens with zero attached hydrogens (tertiary/aromatic N) is 1. The molecule has 0 spiro atoms. The van der Waals surface area contributed by atoms with Crippen molar-refractivity contribution in [1.29, 1.82) is 0 Å². The van der Waals surface area contributed by atoms with Crippen LogP contribution in [-0.4, -0.2) is 29.3 Å². The van der Waals surface area contributed by atoms with Gasteiger partial charge in [-0.1, -0.05) is 35.9 Å². The zero-order chi connectivity index (χ0) is 19.9. The number of aliphatic hydroxyl groups is 1. The average Bonchev–Trinajstić information content (AvgIpc) is 3.16. The van der Waals surface area contributed by atoms with Crippen molar-refractivity contribution < 1.29 is 14.3 Å². The van der Waals surface area contributed by atoms with Gasteiger partial charge in [-0.25, -0.2) is 0 Å². The lowest BCUT2D eigenvalue weighted by Crippen LogP contribution is -2.35. The first-order valence-electron chi connectivity index (χ1n) is 9.37. The minimum absolute atomic E-state index is 0.231. The summed E-state index contributed by atoms with van der Waals surface area (Å²) in [7, 11) is 0. The van der Waals surface area contributed by atoms with Crippen LogP contribution in [0.25, 0.3) is 0 Å². The van der Waals surface area contributed by atoms with Crippen molar-refractivity contribution in [2.24, 2.45) is 0 Å². The van der Waals surface area contributed by atoms with Crippen LogP contribution in [0.2, 0.25) is 5.02 Å². The zero-order valence-corrected chi connectivity index (χ0v) is 17.0. The van der Waals surface area contributed by atoms with Crippen molar-refractivity contribution in [1.82, 2.24) is 4.90 Å². The highest BCUT2D eigenvalue weighted by Crippen LogP contribution is 2.21. The first kappa shape index (κ1) is 20.5. The molecule has 148 valence electrons. The Morgan fingerprint density at radius 3 is 2.64 bits per heavy atom. The fourth-order valence-corrected chi connectivity index (χ4v) is 3.33. The molecule has 2 aromatic carbocycles. The summed E-state index contributed by atoms with van der Waals surface area (Å²) in [5.41, 5.74) is 3.36. The molecule has 0 aliphatic carbocycles. The number of hydrogen-bond acceptors (Lipinski definition) is 4. The lowest BCUT2D eigenvalue weighted by atomic mass is 10.1. The van der Waals surface area contributed by atoms with Gasteiger partial charge in [0.25, 0.3) is 0 Å². The molecule has 0 radical (unpaired) electrons. The molecule has 3 rings (SSSR count). The SMILES string of the molecule is Cc1cccc(OCC(O)CN(Cc2cccc(Cl)c2)Cc2ccco2)c1C. The highest BCUT2D eigenvalue weighted by molar-refractivity contribution is 6.30. The first-order valence-corrected chi connectivity index (χ1v) is 9.75. The molecule has 0 aliphatic heterocycles. The lowest BCUT2D eigenvalue weighted by Gasteiger charge is -2.25. The molecule has 3 aromatic rings. The molecular weight excluding hydrogens is 374 g/mol. The molecule has 0 bridgehead atoms. The summed E-state index contributed by atoms with van der Waals surface area (Å²) >= 11 is 6.12. The normalized spacial score (nSPS) is 12.3.